The number of hydrogen-bond donors (Lipinski definition) is 1. The number of nitriles is 1. The molecule has 0 bridgehead atoms. The van der Waals surface area contributed by atoms with Crippen LogP contribution in [0.4, 0.5) is 0 Å². The molecule has 29 heavy (non-hydrogen) atoms. The van der Waals surface area contributed by atoms with Crippen LogP contribution in [0, 0.1) is 17.2 Å². The van der Waals surface area contributed by atoms with Crippen molar-refractivity contribution in [2.75, 3.05) is 0 Å². The molecule has 0 amide bonds. The van der Waals surface area contributed by atoms with Gasteiger partial charge in [0.25, 0.3) is 0 Å². The number of carbonyl (C=O) groups excluding carboxylic acids is 1. The molecule has 1 aliphatic rings. The van der Waals surface area contributed by atoms with Crippen LogP contribution in [0.15, 0.2) is 73.9 Å². The molecule has 0 saturated carbocycles. The highest BCUT2D eigenvalue weighted by Crippen LogP contribution is 2.41. The van der Waals surface area contributed by atoms with Crippen molar-refractivity contribution in [1.29, 1.82) is 5.26 Å². The Morgan fingerprint density at radius 2 is 1.93 bits per heavy atom. The van der Waals surface area contributed by atoms with Gasteiger partial charge in [-0.15, -0.1) is 0 Å². The lowest BCUT2D eigenvalue weighted by molar-refractivity contribution is 0.0742. The van der Waals surface area contributed by atoms with Gasteiger partial charge in [-0.05, 0) is 30.3 Å². The lowest BCUT2D eigenvalue weighted by Crippen LogP contribution is -2.25. The van der Waals surface area contributed by atoms with E-state index in [1.807, 2.05) is 6.07 Å². The molecule has 0 fully saturated rings. The number of ketones is 1. The van der Waals surface area contributed by atoms with Crippen molar-refractivity contribution in [2.45, 2.75) is 6.10 Å². The minimum Gasteiger partial charge on any atom is -0.469 e. The Labute approximate surface area is 178 Å². The molecular formula is C21H12BrClN2O4. The van der Waals surface area contributed by atoms with Crippen molar-refractivity contribution in [3.63, 3.8) is 0 Å². The topological polar surface area (TPSA) is 106 Å². The Bertz CT molecular complexity index is 1270. The number of ether oxygens (including phenoxy) is 1. The van der Waals surface area contributed by atoms with E-state index in [-0.39, 0.29) is 28.2 Å². The fourth-order valence-corrected chi connectivity index (χ4v) is 3.75. The number of halogens is 2. The van der Waals surface area contributed by atoms with E-state index in [0.29, 0.717) is 16.2 Å². The molecule has 1 aromatic heterocycles. The first-order valence-corrected chi connectivity index (χ1v) is 9.65. The van der Waals surface area contributed by atoms with Gasteiger partial charge in [-0.2, -0.15) is 5.26 Å². The second-order valence-electron chi connectivity index (χ2n) is 6.44. The van der Waals surface area contributed by atoms with Crippen molar-refractivity contribution in [1.82, 2.24) is 0 Å². The van der Waals surface area contributed by atoms with E-state index in [4.69, 9.17) is 26.5 Å². The maximum atomic E-state index is 13.2. The third kappa shape index (κ3) is 3.31. The van der Waals surface area contributed by atoms with Gasteiger partial charge in [0.05, 0.1) is 10.9 Å². The maximum Gasteiger partial charge on any atom is 0.199 e. The van der Waals surface area contributed by atoms with E-state index < -0.39 is 17.5 Å². The smallest absolute Gasteiger partial charge is 0.199 e. The van der Waals surface area contributed by atoms with Crippen molar-refractivity contribution in [3.05, 3.63) is 91.0 Å². The van der Waals surface area contributed by atoms with Crippen LogP contribution >= 0.6 is 27.5 Å². The molecule has 6 nitrogen and oxygen atoms in total. The molecule has 0 aliphatic carbocycles. The molecule has 144 valence electrons. The summed E-state index contributed by atoms with van der Waals surface area (Å²) in [6.07, 6.45) is 0.152. The zero-order chi connectivity index (χ0) is 20.7. The van der Waals surface area contributed by atoms with Gasteiger partial charge in [0, 0.05) is 15.1 Å². The number of benzene rings is 2. The minimum atomic E-state index is -1.08. The van der Waals surface area contributed by atoms with Crippen LogP contribution in [-0.4, -0.2) is 5.78 Å². The second kappa shape index (κ2) is 7.39. The molecule has 1 aliphatic heterocycles. The average molecular weight is 472 g/mol. The van der Waals surface area contributed by atoms with Crippen molar-refractivity contribution >= 4 is 44.3 Å². The molecule has 3 aromatic rings. The van der Waals surface area contributed by atoms with Gasteiger partial charge in [-0.25, -0.2) is 0 Å². The SMILES string of the molecule is N#CC1=C(N)O[C@H](c2coc3ccc(Cl)cc3c2=O)[C@@H]1C(=O)c1ccc(Br)cc1. The van der Waals surface area contributed by atoms with E-state index in [2.05, 4.69) is 15.9 Å². The van der Waals surface area contributed by atoms with Crippen molar-refractivity contribution < 1.29 is 13.9 Å². The van der Waals surface area contributed by atoms with Gasteiger partial charge in [-0.1, -0.05) is 39.7 Å². The summed E-state index contributed by atoms with van der Waals surface area (Å²) in [5, 5.41) is 10.2. The highest BCUT2D eigenvalue weighted by atomic mass is 79.9. The van der Waals surface area contributed by atoms with Gasteiger partial charge < -0.3 is 14.9 Å². The lowest BCUT2D eigenvalue weighted by Gasteiger charge is -2.18. The number of rotatable bonds is 3. The monoisotopic (exact) mass is 470 g/mol. The number of nitrogens with two attached hydrogens (primary N) is 1. The standard InChI is InChI=1S/C21H12BrClN2O4/c22-11-3-1-10(2-4-11)18(26)17-14(8-24)21(25)29-20(17)15-9-28-16-6-5-12(23)7-13(16)19(15)27/h1-7,9,17,20H,25H2/t17-,20+/m0/s1. The van der Waals surface area contributed by atoms with Crippen LogP contribution in [0.25, 0.3) is 11.0 Å². The van der Waals surface area contributed by atoms with Crippen molar-refractivity contribution in [2.24, 2.45) is 11.7 Å². The summed E-state index contributed by atoms with van der Waals surface area (Å²) in [7, 11) is 0. The van der Waals surface area contributed by atoms with Gasteiger partial charge in [0.2, 0.25) is 0 Å². The van der Waals surface area contributed by atoms with Crippen LogP contribution in [0.1, 0.15) is 22.0 Å². The van der Waals surface area contributed by atoms with Gasteiger partial charge in [0.15, 0.2) is 17.1 Å². The molecule has 2 atom stereocenters. The molecule has 0 spiro atoms. The quantitative estimate of drug-likeness (QED) is 0.565. The Morgan fingerprint density at radius 1 is 1.21 bits per heavy atom. The lowest BCUT2D eigenvalue weighted by atomic mass is 9.85. The van der Waals surface area contributed by atoms with E-state index in [1.165, 1.54) is 12.3 Å². The first kappa shape index (κ1) is 19.2. The Morgan fingerprint density at radius 3 is 2.62 bits per heavy atom. The second-order valence-corrected chi connectivity index (χ2v) is 7.79. The van der Waals surface area contributed by atoms with Crippen LogP contribution in [-0.2, 0) is 4.74 Å². The first-order valence-electron chi connectivity index (χ1n) is 8.48. The van der Waals surface area contributed by atoms with E-state index >= 15 is 0 Å². The van der Waals surface area contributed by atoms with Gasteiger partial charge in [-0.3, -0.25) is 9.59 Å². The Hall–Kier alpha value is -3.08. The highest BCUT2D eigenvalue weighted by Gasteiger charge is 2.44. The summed E-state index contributed by atoms with van der Waals surface area (Å²) < 4.78 is 11.9. The number of carbonyl (C=O) groups is 1. The first-order chi connectivity index (χ1) is 13.9. The Balaban J connectivity index is 1.85. The normalized spacial score (nSPS) is 18.5. The summed E-state index contributed by atoms with van der Waals surface area (Å²) >= 11 is 9.32. The number of fused-ring (bicyclic) bond motifs is 1. The zero-order valence-corrected chi connectivity index (χ0v) is 17.0. The molecule has 8 heteroatoms. The van der Waals surface area contributed by atoms with Crippen LogP contribution in [0.3, 0.4) is 0 Å². The molecule has 4 rings (SSSR count). The number of nitrogens with zero attached hydrogens (tertiary/aromatic N) is 1. The summed E-state index contributed by atoms with van der Waals surface area (Å²) in [6.45, 7) is 0. The van der Waals surface area contributed by atoms with Crippen molar-refractivity contribution in [3.8, 4) is 6.07 Å². The third-order valence-corrected chi connectivity index (χ3v) is 5.50. The minimum absolute atomic E-state index is 0.0199. The molecule has 2 heterocycles. The number of Topliss-reactive ketones (excluding diaryl/α,β-unsaturated/α-hetero) is 1. The van der Waals surface area contributed by atoms with Crippen LogP contribution in [0.2, 0.25) is 5.02 Å². The van der Waals surface area contributed by atoms with Crippen LogP contribution in [0.5, 0.6) is 0 Å². The molecule has 2 N–H and O–H groups in total. The predicted octanol–water partition coefficient (Wildman–Crippen LogP) is 4.47. The van der Waals surface area contributed by atoms with E-state index in [0.717, 1.165) is 4.47 Å². The zero-order valence-electron chi connectivity index (χ0n) is 14.7. The summed E-state index contributed by atoms with van der Waals surface area (Å²) in [6, 6.07) is 13.3. The summed E-state index contributed by atoms with van der Waals surface area (Å²) in [5.74, 6) is -1.63. The van der Waals surface area contributed by atoms with Crippen LogP contribution < -0.4 is 11.2 Å². The molecular weight excluding hydrogens is 460 g/mol. The summed E-state index contributed by atoms with van der Waals surface area (Å²) in [5.41, 5.74) is 6.23. The molecule has 0 radical (unpaired) electrons. The number of hydrogen-bond acceptors (Lipinski definition) is 6. The molecule has 2 aromatic carbocycles. The third-order valence-electron chi connectivity index (χ3n) is 4.73. The van der Waals surface area contributed by atoms with E-state index in [9.17, 15) is 14.9 Å². The fraction of sp³-hybridized carbons (Fsp3) is 0.0952. The Kier molecular flexibility index (Phi) is 4.91. The van der Waals surface area contributed by atoms with Gasteiger partial charge >= 0.3 is 0 Å². The maximum absolute atomic E-state index is 13.2. The highest BCUT2D eigenvalue weighted by molar-refractivity contribution is 9.10. The average Bonchev–Trinajstić information content (AvgIpc) is 3.04. The molecule has 0 unspecified atom stereocenters. The van der Waals surface area contributed by atoms with E-state index in [1.54, 1.807) is 36.4 Å². The largest absolute Gasteiger partial charge is 0.469 e. The predicted molar refractivity (Wildman–Crippen MR) is 110 cm³/mol. The van der Waals surface area contributed by atoms with Gasteiger partial charge in [0.1, 0.15) is 35.5 Å². The summed E-state index contributed by atoms with van der Waals surface area (Å²) in [4.78, 5) is 26.3. The molecule has 0 saturated heterocycles. The fourth-order valence-electron chi connectivity index (χ4n) is 3.32.